The Morgan fingerprint density at radius 1 is 1.17 bits per heavy atom. The van der Waals surface area contributed by atoms with E-state index in [0.29, 0.717) is 36.1 Å². The molecule has 2 aromatic rings. The average molecular weight is 330 g/mol. The maximum atomic E-state index is 11.3. The smallest absolute Gasteiger partial charge is 0.339 e. The van der Waals surface area contributed by atoms with Crippen molar-refractivity contribution in [3.05, 3.63) is 48.2 Å². The summed E-state index contributed by atoms with van der Waals surface area (Å²) in [5, 5.41) is 2.65. The van der Waals surface area contributed by atoms with E-state index in [1.54, 1.807) is 36.4 Å². The number of ether oxygens (including phenoxy) is 3. The van der Waals surface area contributed by atoms with Gasteiger partial charge < -0.3 is 19.5 Å². The predicted molar refractivity (Wildman–Crippen MR) is 86.3 cm³/mol. The first-order chi connectivity index (χ1) is 11.6. The van der Waals surface area contributed by atoms with Crippen molar-refractivity contribution in [2.24, 2.45) is 0 Å². The predicted octanol–water partition coefficient (Wildman–Crippen LogP) is 2.18. The minimum absolute atomic E-state index is 0.0999. The van der Waals surface area contributed by atoms with E-state index in [9.17, 15) is 9.59 Å². The molecule has 0 bridgehead atoms. The molecule has 0 aliphatic carbocycles. The molecule has 0 aliphatic rings. The lowest BCUT2D eigenvalue weighted by Gasteiger charge is -2.09. The second kappa shape index (κ2) is 8.52. The molecule has 0 aliphatic heterocycles. The summed E-state index contributed by atoms with van der Waals surface area (Å²) in [5.74, 6) is 0.952. The zero-order valence-corrected chi connectivity index (χ0v) is 13.4. The second-order valence-electron chi connectivity index (χ2n) is 4.79. The number of pyridine rings is 1. The highest BCUT2D eigenvalue weighted by atomic mass is 16.5. The van der Waals surface area contributed by atoms with E-state index >= 15 is 0 Å². The van der Waals surface area contributed by atoms with E-state index < -0.39 is 5.97 Å². The molecule has 7 nitrogen and oxygen atoms in total. The first-order valence-corrected chi connectivity index (χ1v) is 7.28. The number of carbonyl (C=O) groups is 2. The third kappa shape index (κ3) is 5.28. The molecule has 0 unspecified atom stereocenters. The number of nitrogens with one attached hydrogen (secondary N) is 1. The van der Waals surface area contributed by atoms with Gasteiger partial charge in [-0.25, -0.2) is 9.78 Å². The van der Waals surface area contributed by atoms with E-state index in [4.69, 9.17) is 9.47 Å². The summed E-state index contributed by atoms with van der Waals surface area (Å²) >= 11 is 0. The highest BCUT2D eigenvalue weighted by Gasteiger charge is 2.07. The lowest BCUT2D eigenvalue weighted by atomic mass is 10.3. The number of aromatic nitrogens is 1. The molecule has 0 saturated carbocycles. The van der Waals surface area contributed by atoms with Crippen molar-refractivity contribution in [2.75, 3.05) is 20.3 Å². The number of esters is 1. The van der Waals surface area contributed by atoms with Crippen molar-refractivity contribution in [1.82, 2.24) is 10.3 Å². The lowest BCUT2D eigenvalue weighted by Crippen LogP contribution is -2.25. The van der Waals surface area contributed by atoms with Crippen LogP contribution in [0.15, 0.2) is 42.6 Å². The Morgan fingerprint density at radius 2 is 1.96 bits per heavy atom. The standard InChI is InChI=1S/C17H18N2O5/c1-12(20)18-8-9-23-14-4-3-5-15(10-14)24-16-7-6-13(11-19-16)17(21)22-2/h3-7,10-11H,8-9H2,1-2H3,(H,18,20). The molecule has 0 radical (unpaired) electrons. The van der Waals surface area contributed by atoms with Gasteiger partial charge in [0.25, 0.3) is 0 Å². The topological polar surface area (TPSA) is 86.8 Å². The lowest BCUT2D eigenvalue weighted by molar-refractivity contribution is -0.119. The first kappa shape index (κ1) is 17.3. The van der Waals surface area contributed by atoms with Crippen molar-refractivity contribution in [3.63, 3.8) is 0 Å². The quantitative estimate of drug-likeness (QED) is 0.618. The van der Waals surface area contributed by atoms with Crippen molar-refractivity contribution in [3.8, 4) is 17.4 Å². The maximum absolute atomic E-state index is 11.3. The molecule has 1 amide bonds. The van der Waals surface area contributed by atoms with Gasteiger partial charge in [0.1, 0.15) is 18.1 Å². The van der Waals surface area contributed by atoms with Gasteiger partial charge in [0.15, 0.2) is 0 Å². The van der Waals surface area contributed by atoms with Crippen LogP contribution < -0.4 is 14.8 Å². The molecule has 7 heteroatoms. The summed E-state index contributed by atoms with van der Waals surface area (Å²) in [6.45, 7) is 2.24. The van der Waals surface area contributed by atoms with Crippen LogP contribution in [0.5, 0.6) is 17.4 Å². The number of hydrogen-bond acceptors (Lipinski definition) is 6. The molecule has 1 heterocycles. The average Bonchev–Trinajstić information content (AvgIpc) is 2.59. The third-order valence-corrected chi connectivity index (χ3v) is 2.93. The highest BCUT2D eigenvalue weighted by molar-refractivity contribution is 5.88. The van der Waals surface area contributed by atoms with Crippen LogP contribution in [-0.4, -0.2) is 37.1 Å². The molecular weight excluding hydrogens is 312 g/mol. The maximum Gasteiger partial charge on any atom is 0.339 e. The van der Waals surface area contributed by atoms with E-state index in [1.807, 2.05) is 0 Å². The fourth-order valence-electron chi connectivity index (χ4n) is 1.82. The van der Waals surface area contributed by atoms with Crippen molar-refractivity contribution >= 4 is 11.9 Å². The molecule has 1 aromatic heterocycles. The summed E-state index contributed by atoms with van der Waals surface area (Å²) in [7, 11) is 1.31. The second-order valence-corrected chi connectivity index (χ2v) is 4.79. The van der Waals surface area contributed by atoms with Crippen LogP contribution >= 0.6 is 0 Å². The first-order valence-electron chi connectivity index (χ1n) is 7.28. The normalized spacial score (nSPS) is 9.92. The molecule has 0 saturated heterocycles. The summed E-state index contributed by atoms with van der Waals surface area (Å²) in [6.07, 6.45) is 1.38. The van der Waals surface area contributed by atoms with Gasteiger partial charge in [-0.05, 0) is 18.2 Å². The molecular formula is C17H18N2O5. The van der Waals surface area contributed by atoms with Gasteiger partial charge in [-0.15, -0.1) is 0 Å². The van der Waals surface area contributed by atoms with E-state index in [-0.39, 0.29) is 5.91 Å². The number of rotatable bonds is 7. The van der Waals surface area contributed by atoms with Gasteiger partial charge in [-0.3, -0.25) is 4.79 Å². The summed E-state index contributed by atoms with van der Waals surface area (Å²) < 4.78 is 15.8. The van der Waals surface area contributed by atoms with Crippen LogP contribution in [0.1, 0.15) is 17.3 Å². The minimum Gasteiger partial charge on any atom is -0.492 e. The van der Waals surface area contributed by atoms with Gasteiger partial charge in [0.05, 0.1) is 19.2 Å². The SMILES string of the molecule is COC(=O)c1ccc(Oc2cccc(OCCNC(C)=O)c2)nc1. The van der Waals surface area contributed by atoms with Crippen LogP contribution in [0.2, 0.25) is 0 Å². The van der Waals surface area contributed by atoms with Crippen molar-refractivity contribution in [2.45, 2.75) is 6.92 Å². The zero-order chi connectivity index (χ0) is 17.4. The van der Waals surface area contributed by atoms with E-state index in [2.05, 4.69) is 15.0 Å². The Hall–Kier alpha value is -3.09. The number of methoxy groups -OCH3 is 1. The summed E-state index contributed by atoms with van der Waals surface area (Å²) in [5.41, 5.74) is 0.347. The van der Waals surface area contributed by atoms with Crippen LogP contribution in [0.4, 0.5) is 0 Å². The Balaban J connectivity index is 1.93. The Morgan fingerprint density at radius 3 is 2.62 bits per heavy atom. The monoisotopic (exact) mass is 330 g/mol. The Kier molecular flexibility index (Phi) is 6.13. The van der Waals surface area contributed by atoms with Gasteiger partial charge in [-0.2, -0.15) is 0 Å². The molecule has 0 spiro atoms. The van der Waals surface area contributed by atoms with E-state index in [1.165, 1.54) is 20.2 Å². The van der Waals surface area contributed by atoms with Crippen LogP contribution in [0.25, 0.3) is 0 Å². The number of benzene rings is 1. The molecule has 24 heavy (non-hydrogen) atoms. The number of amides is 1. The van der Waals surface area contributed by atoms with Gasteiger partial charge >= 0.3 is 5.97 Å². The van der Waals surface area contributed by atoms with Crippen LogP contribution in [0.3, 0.4) is 0 Å². The van der Waals surface area contributed by atoms with Gasteiger partial charge in [0.2, 0.25) is 11.8 Å². The van der Waals surface area contributed by atoms with Gasteiger partial charge in [0, 0.05) is 25.3 Å². The molecule has 0 fully saturated rings. The van der Waals surface area contributed by atoms with Crippen molar-refractivity contribution < 1.29 is 23.8 Å². The fourth-order valence-corrected chi connectivity index (χ4v) is 1.82. The Bertz CT molecular complexity index is 700. The molecule has 1 aromatic carbocycles. The zero-order valence-electron chi connectivity index (χ0n) is 13.4. The van der Waals surface area contributed by atoms with E-state index in [0.717, 1.165) is 0 Å². The van der Waals surface area contributed by atoms with Crippen molar-refractivity contribution in [1.29, 1.82) is 0 Å². The number of nitrogens with zero attached hydrogens (tertiary/aromatic N) is 1. The number of carbonyl (C=O) groups excluding carboxylic acids is 2. The molecule has 2 rings (SSSR count). The third-order valence-electron chi connectivity index (χ3n) is 2.93. The Labute approximate surface area is 139 Å². The minimum atomic E-state index is -0.455. The summed E-state index contributed by atoms with van der Waals surface area (Å²) in [4.78, 5) is 26.2. The molecule has 1 N–H and O–H groups in total. The van der Waals surface area contributed by atoms with Crippen LogP contribution in [0, 0.1) is 0 Å². The largest absolute Gasteiger partial charge is 0.492 e. The summed E-state index contributed by atoms with van der Waals surface area (Å²) in [6, 6.07) is 10.2. The fraction of sp³-hybridized carbons (Fsp3) is 0.235. The van der Waals surface area contributed by atoms with Gasteiger partial charge in [-0.1, -0.05) is 6.07 Å². The molecule has 0 atom stereocenters. The van der Waals surface area contributed by atoms with Crippen LogP contribution in [-0.2, 0) is 9.53 Å². The number of hydrogen-bond donors (Lipinski definition) is 1. The highest BCUT2D eigenvalue weighted by Crippen LogP contribution is 2.24. The molecule has 126 valence electrons.